The first-order chi connectivity index (χ1) is 9.08. The monoisotopic (exact) mass is 281 g/mol. The highest BCUT2D eigenvalue weighted by Crippen LogP contribution is 2.15. The molecule has 1 fully saturated rings. The van der Waals surface area contributed by atoms with E-state index in [1.54, 1.807) is 24.0 Å². The second kappa shape index (κ2) is 6.02. The summed E-state index contributed by atoms with van der Waals surface area (Å²) in [7, 11) is 0. The number of anilines is 1. The number of likely N-dealkylation sites (tertiary alicyclic amines) is 1. The van der Waals surface area contributed by atoms with E-state index in [1.807, 2.05) is 0 Å². The van der Waals surface area contributed by atoms with Crippen molar-refractivity contribution < 1.29 is 9.59 Å². The topological polar surface area (TPSA) is 62.3 Å². The molecule has 6 heteroatoms. The summed E-state index contributed by atoms with van der Waals surface area (Å²) < 4.78 is 0. The standard InChI is InChI=1S/C13H16ClN3O2/c1-9(17-7-3-2-4-12(17)18)13(19)16-11-6-5-10(14)8-15-11/h5-6,8-9H,2-4,7H2,1H3,(H,15,16,19)/t9-/m0/s1. The van der Waals surface area contributed by atoms with Crippen molar-refractivity contribution >= 4 is 29.2 Å². The Morgan fingerprint density at radius 3 is 2.89 bits per heavy atom. The van der Waals surface area contributed by atoms with Gasteiger partial charge in [-0.25, -0.2) is 4.98 Å². The Balaban J connectivity index is 1.98. The molecule has 102 valence electrons. The van der Waals surface area contributed by atoms with E-state index in [0.717, 1.165) is 12.8 Å². The summed E-state index contributed by atoms with van der Waals surface area (Å²) in [6.45, 7) is 2.37. The van der Waals surface area contributed by atoms with E-state index >= 15 is 0 Å². The fourth-order valence-corrected chi connectivity index (χ4v) is 2.17. The molecule has 0 bridgehead atoms. The van der Waals surface area contributed by atoms with Gasteiger partial charge in [0.2, 0.25) is 11.8 Å². The van der Waals surface area contributed by atoms with E-state index in [9.17, 15) is 9.59 Å². The second-order valence-electron chi connectivity index (χ2n) is 4.57. The number of hydrogen-bond donors (Lipinski definition) is 1. The molecule has 2 heterocycles. The quantitative estimate of drug-likeness (QED) is 0.923. The van der Waals surface area contributed by atoms with Crippen molar-refractivity contribution in [2.75, 3.05) is 11.9 Å². The van der Waals surface area contributed by atoms with Crippen LogP contribution in [0.15, 0.2) is 18.3 Å². The van der Waals surface area contributed by atoms with Crippen LogP contribution < -0.4 is 5.32 Å². The van der Waals surface area contributed by atoms with Crippen molar-refractivity contribution in [1.82, 2.24) is 9.88 Å². The maximum absolute atomic E-state index is 12.1. The number of amides is 2. The van der Waals surface area contributed by atoms with E-state index in [1.165, 1.54) is 6.20 Å². The predicted octanol–water partition coefficient (Wildman–Crippen LogP) is 2.07. The van der Waals surface area contributed by atoms with Crippen LogP contribution in [0.4, 0.5) is 5.82 Å². The van der Waals surface area contributed by atoms with Crippen molar-refractivity contribution in [3.8, 4) is 0 Å². The van der Waals surface area contributed by atoms with Gasteiger partial charge in [-0.15, -0.1) is 0 Å². The third-order valence-corrected chi connectivity index (χ3v) is 3.41. The van der Waals surface area contributed by atoms with Gasteiger partial charge in [-0.2, -0.15) is 0 Å². The number of aromatic nitrogens is 1. The van der Waals surface area contributed by atoms with Gasteiger partial charge < -0.3 is 10.2 Å². The smallest absolute Gasteiger partial charge is 0.248 e. The predicted molar refractivity (Wildman–Crippen MR) is 72.9 cm³/mol. The summed E-state index contributed by atoms with van der Waals surface area (Å²) in [6.07, 6.45) is 3.84. The summed E-state index contributed by atoms with van der Waals surface area (Å²) in [6, 6.07) is 2.80. The molecule has 0 saturated carbocycles. The number of nitrogens with zero attached hydrogens (tertiary/aromatic N) is 2. The van der Waals surface area contributed by atoms with Gasteiger partial charge >= 0.3 is 0 Å². The van der Waals surface area contributed by atoms with Crippen LogP contribution in [0.5, 0.6) is 0 Å². The summed E-state index contributed by atoms with van der Waals surface area (Å²) in [5, 5.41) is 3.20. The van der Waals surface area contributed by atoms with Gasteiger partial charge in [0.05, 0.1) is 5.02 Å². The maximum Gasteiger partial charge on any atom is 0.248 e. The summed E-state index contributed by atoms with van der Waals surface area (Å²) >= 11 is 5.72. The van der Waals surface area contributed by atoms with Crippen molar-refractivity contribution in [1.29, 1.82) is 0 Å². The van der Waals surface area contributed by atoms with Crippen LogP contribution in [0.3, 0.4) is 0 Å². The number of carbonyl (C=O) groups excluding carboxylic acids is 2. The first-order valence-corrected chi connectivity index (χ1v) is 6.67. The van der Waals surface area contributed by atoms with Crippen LogP contribution in [0.25, 0.3) is 0 Å². The molecule has 2 amide bonds. The van der Waals surface area contributed by atoms with Crippen molar-refractivity contribution in [2.45, 2.75) is 32.2 Å². The van der Waals surface area contributed by atoms with Gasteiger partial charge in [-0.1, -0.05) is 11.6 Å². The number of nitrogens with one attached hydrogen (secondary N) is 1. The largest absolute Gasteiger partial charge is 0.331 e. The number of carbonyl (C=O) groups is 2. The Bertz CT molecular complexity index is 475. The van der Waals surface area contributed by atoms with Crippen LogP contribution in [0, 0.1) is 0 Å². The number of piperidine rings is 1. The normalized spacial score (nSPS) is 17.2. The van der Waals surface area contributed by atoms with Crippen LogP contribution in [0.1, 0.15) is 26.2 Å². The van der Waals surface area contributed by atoms with E-state index in [2.05, 4.69) is 10.3 Å². The Kier molecular flexibility index (Phi) is 4.37. The highest BCUT2D eigenvalue weighted by molar-refractivity contribution is 6.30. The van der Waals surface area contributed by atoms with E-state index in [4.69, 9.17) is 11.6 Å². The molecule has 0 unspecified atom stereocenters. The van der Waals surface area contributed by atoms with E-state index < -0.39 is 6.04 Å². The van der Waals surface area contributed by atoms with Crippen LogP contribution in [-0.2, 0) is 9.59 Å². The average molecular weight is 282 g/mol. The van der Waals surface area contributed by atoms with Crippen molar-refractivity contribution in [3.63, 3.8) is 0 Å². The second-order valence-corrected chi connectivity index (χ2v) is 5.01. The zero-order chi connectivity index (χ0) is 13.8. The lowest BCUT2D eigenvalue weighted by Gasteiger charge is -2.31. The third-order valence-electron chi connectivity index (χ3n) is 3.19. The molecule has 1 N–H and O–H groups in total. The lowest BCUT2D eigenvalue weighted by atomic mass is 10.1. The fraction of sp³-hybridized carbons (Fsp3) is 0.462. The van der Waals surface area contributed by atoms with Gasteiger partial charge in [0.15, 0.2) is 0 Å². The summed E-state index contributed by atoms with van der Waals surface area (Å²) in [5.41, 5.74) is 0. The highest BCUT2D eigenvalue weighted by Gasteiger charge is 2.27. The van der Waals surface area contributed by atoms with Crippen molar-refractivity contribution in [3.05, 3.63) is 23.4 Å². The average Bonchev–Trinajstić information content (AvgIpc) is 2.41. The lowest BCUT2D eigenvalue weighted by Crippen LogP contribution is -2.47. The minimum absolute atomic E-state index is 0.0398. The molecule has 1 aliphatic heterocycles. The zero-order valence-electron chi connectivity index (χ0n) is 10.7. The number of pyridine rings is 1. The molecule has 1 aromatic rings. The molecule has 0 aliphatic carbocycles. The summed E-state index contributed by atoms with van der Waals surface area (Å²) in [5.74, 6) is 0.244. The maximum atomic E-state index is 12.1. The first-order valence-electron chi connectivity index (χ1n) is 6.30. The van der Waals surface area contributed by atoms with E-state index in [-0.39, 0.29) is 11.8 Å². The van der Waals surface area contributed by atoms with Crippen LogP contribution in [0.2, 0.25) is 5.02 Å². The number of rotatable bonds is 3. The van der Waals surface area contributed by atoms with Crippen LogP contribution in [-0.4, -0.2) is 34.3 Å². The molecule has 0 radical (unpaired) electrons. The van der Waals surface area contributed by atoms with Gasteiger partial charge in [0, 0.05) is 19.2 Å². The van der Waals surface area contributed by atoms with Gasteiger partial charge in [0.1, 0.15) is 11.9 Å². The SMILES string of the molecule is C[C@@H](C(=O)Nc1ccc(Cl)cn1)N1CCCCC1=O. The molecule has 5 nitrogen and oxygen atoms in total. The molecule has 1 aliphatic rings. The molecule has 0 aromatic carbocycles. The molecule has 19 heavy (non-hydrogen) atoms. The number of hydrogen-bond acceptors (Lipinski definition) is 3. The summed E-state index contributed by atoms with van der Waals surface area (Å²) in [4.78, 5) is 29.4. The zero-order valence-corrected chi connectivity index (χ0v) is 11.5. The molecule has 1 atom stereocenters. The first kappa shape index (κ1) is 13.8. The van der Waals surface area contributed by atoms with Crippen molar-refractivity contribution in [2.24, 2.45) is 0 Å². The minimum Gasteiger partial charge on any atom is -0.331 e. The lowest BCUT2D eigenvalue weighted by molar-refractivity contribution is -0.140. The fourth-order valence-electron chi connectivity index (χ4n) is 2.06. The number of halogens is 1. The molecular weight excluding hydrogens is 266 g/mol. The van der Waals surface area contributed by atoms with Gasteiger partial charge in [0.25, 0.3) is 0 Å². The molecule has 1 aromatic heterocycles. The van der Waals surface area contributed by atoms with Gasteiger partial charge in [-0.3, -0.25) is 9.59 Å². The Hall–Kier alpha value is -1.62. The van der Waals surface area contributed by atoms with E-state index in [0.29, 0.717) is 23.8 Å². The third kappa shape index (κ3) is 3.44. The Morgan fingerprint density at radius 1 is 1.47 bits per heavy atom. The molecule has 0 spiro atoms. The molecule has 2 rings (SSSR count). The molecule has 1 saturated heterocycles. The minimum atomic E-state index is -0.481. The van der Waals surface area contributed by atoms with Crippen LogP contribution >= 0.6 is 11.6 Å². The Labute approximate surface area is 117 Å². The highest BCUT2D eigenvalue weighted by atomic mass is 35.5. The Morgan fingerprint density at radius 2 is 2.26 bits per heavy atom. The van der Waals surface area contributed by atoms with Gasteiger partial charge in [-0.05, 0) is 31.9 Å². The molecular formula is C13H16ClN3O2.